The van der Waals surface area contributed by atoms with Crippen LogP contribution in [0.4, 0.5) is 13.2 Å². The topological polar surface area (TPSA) is 76.1 Å². The van der Waals surface area contributed by atoms with Crippen LogP contribution in [0.5, 0.6) is 0 Å². The van der Waals surface area contributed by atoms with Crippen molar-refractivity contribution in [2.24, 2.45) is 5.73 Å². The van der Waals surface area contributed by atoms with E-state index in [1.54, 1.807) is 0 Å². The summed E-state index contributed by atoms with van der Waals surface area (Å²) in [6.45, 7) is -0.384. The molecule has 1 aromatic carbocycles. The summed E-state index contributed by atoms with van der Waals surface area (Å²) < 4.78 is 42.9. The van der Waals surface area contributed by atoms with Gasteiger partial charge in [-0.1, -0.05) is 6.07 Å². The number of ether oxygens (including phenoxy) is 1. The maximum atomic E-state index is 12.9. The summed E-state index contributed by atoms with van der Waals surface area (Å²) in [5, 5.41) is 8.83. The standard InChI is InChI=1S/C11H9F3N2O2/c1-18-10(17)7-3-2-6(4-15)9(8(7)5-16)11(12,13)14/h2-3H,4,15H2,1H3. The number of methoxy groups -OCH3 is 1. The quantitative estimate of drug-likeness (QED) is 0.821. The maximum absolute atomic E-state index is 12.9. The van der Waals surface area contributed by atoms with Crippen molar-refractivity contribution in [3.63, 3.8) is 0 Å². The first kappa shape index (κ1) is 14.0. The van der Waals surface area contributed by atoms with Gasteiger partial charge in [0.15, 0.2) is 0 Å². The minimum Gasteiger partial charge on any atom is -0.465 e. The van der Waals surface area contributed by atoms with E-state index in [9.17, 15) is 18.0 Å². The molecule has 0 fully saturated rings. The second-order valence-electron chi connectivity index (χ2n) is 3.33. The number of alkyl halides is 3. The highest BCUT2D eigenvalue weighted by Gasteiger charge is 2.38. The molecule has 4 nitrogen and oxygen atoms in total. The molecule has 0 aliphatic rings. The summed E-state index contributed by atoms with van der Waals surface area (Å²) in [6.07, 6.45) is -4.76. The van der Waals surface area contributed by atoms with Crippen LogP contribution in [0.1, 0.15) is 27.0 Å². The van der Waals surface area contributed by atoms with Gasteiger partial charge >= 0.3 is 12.1 Å². The van der Waals surface area contributed by atoms with E-state index in [-0.39, 0.29) is 12.1 Å². The lowest BCUT2D eigenvalue weighted by Gasteiger charge is -2.15. The fourth-order valence-corrected chi connectivity index (χ4v) is 1.54. The Morgan fingerprint density at radius 3 is 2.50 bits per heavy atom. The van der Waals surface area contributed by atoms with E-state index >= 15 is 0 Å². The van der Waals surface area contributed by atoms with E-state index in [4.69, 9.17) is 11.0 Å². The van der Waals surface area contributed by atoms with Crippen molar-refractivity contribution in [3.8, 4) is 6.07 Å². The number of halogens is 3. The van der Waals surface area contributed by atoms with Crippen molar-refractivity contribution in [1.29, 1.82) is 5.26 Å². The van der Waals surface area contributed by atoms with Crippen LogP contribution in [0.15, 0.2) is 12.1 Å². The molecule has 0 saturated heterocycles. The molecular weight excluding hydrogens is 249 g/mol. The lowest BCUT2D eigenvalue weighted by Crippen LogP contribution is -2.17. The van der Waals surface area contributed by atoms with E-state index in [0.717, 1.165) is 19.2 Å². The number of nitriles is 1. The molecule has 0 heterocycles. The predicted molar refractivity (Wildman–Crippen MR) is 55.4 cm³/mol. The zero-order valence-electron chi connectivity index (χ0n) is 9.34. The largest absolute Gasteiger partial charge is 0.465 e. The first-order chi connectivity index (χ1) is 8.36. The third-order valence-corrected chi connectivity index (χ3v) is 2.31. The van der Waals surface area contributed by atoms with Gasteiger partial charge in [0, 0.05) is 6.54 Å². The number of benzene rings is 1. The summed E-state index contributed by atoms with van der Waals surface area (Å²) in [4.78, 5) is 11.3. The van der Waals surface area contributed by atoms with Crippen LogP contribution >= 0.6 is 0 Å². The molecule has 0 spiro atoms. The van der Waals surface area contributed by atoms with E-state index in [2.05, 4.69) is 4.74 Å². The molecule has 0 aliphatic carbocycles. The van der Waals surface area contributed by atoms with E-state index in [0.29, 0.717) is 0 Å². The third kappa shape index (κ3) is 2.43. The normalized spacial score (nSPS) is 10.9. The summed E-state index contributed by atoms with van der Waals surface area (Å²) in [5.41, 5.74) is 2.58. The molecule has 0 saturated carbocycles. The second kappa shape index (κ2) is 5.06. The molecule has 1 aromatic rings. The Morgan fingerprint density at radius 2 is 2.11 bits per heavy atom. The highest BCUT2D eigenvalue weighted by atomic mass is 19.4. The van der Waals surface area contributed by atoms with E-state index in [1.807, 2.05) is 0 Å². The highest BCUT2D eigenvalue weighted by molar-refractivity contribution is 5.92. The van der Waals surface area contributed by atoms with Crippen molar-refractivity contribution in [2.75, 3.05) is 7.11 Å². The molecule has 0 bridgehead atoms. The summed E-state index contributed by atoms with van der Waals surface area (Å²) in [7, 11) is 1.02. The Kier molecular flexibility index (Phi) is 3.93. The maximum Gasteiger partial charge on any atom is 0.418 e. The molecule has 96 valence electrons. The number of hydrogen-bond acceptors (Lipinski definition) is 4. The van der Waals surface area contributed by atoms with Gasteiger partial charge in [0.05, 0.1) is 23.8 Å². The van der Waals surface area contributed by atoms with Crippen molar-refractivity contribution in [3.05, 3.63) is 34.4 Å². The zero-order valence-corrected chi connectivity index (χ0v) is 9.34. The molecule has 7 heteroatoms. The Morgan fingerprint density at radius 1 is 1.50 bits per heavy atom. The number of hydrogen-bond donors (Lipinski definition) is 1. The smallest absolute Gasteiger partial charge is 0.418 e. The van der Waals surface area contributed by atoms with Crippen LogP contribution < -0.4 is 5.73 Å². The van der Waals surface area contributed by atoms with Gasteiger partial charge in [0.2, 0.25) is 0 Å². The Hall–Kier alpha value is -2.07. The lowest BCUT2D eigenvalue weighted by atomic mass is 9.96. The van der Waals surface area contributed by atoms with Gasteiger partial charge in [-0.25, -0.2) is 4.79 Å². The zero-order chi connectivity index (χ0) is 13.9. The Bertz CT molecular complexity index is 518. The predicted octanol–water partition coefficient (Wildman–Crippen LogP) is 1.82. The Balaban J connectivity index is 3.65. The van der Waals surface area contributed by atoms with Crippen molar-refractivity contribution in [1.82, 2.24) is 0 Å². The highest BCUT2D eigenvalue weighted by Crippen LogP contribution is 2.36. The molecule has 1 rings (SSSR count). The van der Waals surface area contributed by atoms with Crippen LogP contribution in [0.2, 0.25) is 0 Å². The number of carbonyl (C=O) groups excluding carboxylic acids is 1. The fourth-order valence-electron chi connectivity index (χ4n) is 1.54. The van der Waals surface area contributed by atoms with Gasteiger partial charge in [0.25, 0.3) is 0 Å². The number of nitrogens with zero attached hydrogens (tertiary/aromatic N) is 1. The monoisotopic (exact) mass is 258 g/mol. The van der Waals surface area contributed by atoms with Crippen molar-refractivity contribution >= 4 is 5.97 Å². The fraction of sp³-hybridized carbons (Fsp3) is 0.273. The molecule has 0 unspecified atom stereocenters. The molecule has 0 aromatic heterocycles. The Labute approximate surface area is 101 Å². The molecule has 0 amide bonds. The van der Waals surface area contributed by atoms with Gasteiger partial charge in [-0.2, -0.15) is 18.4 Å². The van der Waals surface area contributed by atoms with Crippen molar-refractivity contribution < 1.29 is 22.7 Å². The SMILES string of the molecule is COC(=O)c1ccc(CN)c(C(F)(F)F)c1C#N. The van der Waals surface area contributed by atoms with Crippen LogP contribution in [0.25, 0.3) is 0 Å². The summed E-state index contributed by atoms with van der Waals surface area (Å²) >= 11 is 0. The van der Waals surface area contributed by atoms with E-state index < -0.39 is 28.8 Å². The number of rotatable bonds is 2. The molecular formula is C11H9F3N2O2. The second-order valence-corrected chi connectivity index (χ2v) is 3.33. The molecule has 0 aliphatic heterocycles. The summed E-state index contributed by atoms with van der Waals surface area (Å²) in [5.74, 6) is -0.999. The van der Waals surface area contributed by atoms with Gasteiger partial charge < -0.3 is 10.5 Å². The van der Waals surface area contributed by atoms with Crippen LogP contribution in [0.3, 0.4) is 0 Å². The first-order valence-corrected chi connectivity index (χ1v) is 4.78. The van der Waals surface area contributed by atoms with Gasteiger partial charge in [-0.3, -0.25) is 0 Å². The minimum atomic E-state index is -4.76. The third-order valence-electron chi connectivity index (χ3n) is 2.31. The lowest BCUT2D eigenvalue weighted by molar-refractivity contribution is -0.138. The molecule has 2 N–H and O–H groups in total. The van der Waals surface area contributed by atoms with Crippen LogP contribution in [-0.4, -0.2) is 13.1 Å². The van der Waals surface area contributed by atoms with Gasteiger partial charge in [0.1, 0.15) is 6.07 Å². The molecule has 18 heavy (non-hydrogen) atoms. The number of carbonyl (C=O) groups is 1. The average Bonchev–Trinajstić information content (AvgIpc) is 2.34. The molecule has 0 radical (unpaired) electrons. The first-order valence-electron chi connectivity index (χ1n) is 4.78. The number of esters is 1. The number of nitrogens with two attached hydrogens (primary N) is 1. The average molecular weight is 258 g/mol. The minimum absolute atomic E-state index is 0.244. The summed E-state index contributed by atoms with van der Waals surface area (Å²) in [6, 6.07) is 3.55. The van der Waals surface area contributed by atoms with Crippen LogP contribution in [0, 0.1) is 11.3 Å². The van der Waals surface area contributed by atoms with E-state index in [1.165, 1.54) is 6.07 Å². The van der Waals surface area contributed by atoms with Crippen LogP contribution in [-0.2, 0) is 17.5 Å². The van der Waals surface area contributed by atoms with Crippen molar-refractivity contribution in [2.45, 2.75) is 12.7 Å². The van der Waals surface area contributed by atoms with Gasteiger partial charge in [-0.05, 0) is 11.6 Å². The van der Waals surface area contributed by atoms with Gasteiger partial charge in [-0.15, -0.1) is 0 Å². The molecule has 0 atom stereocenters.